The number of benzene rings is 2. The lowest BCUT2D eigenvalue weighted by atomic mass is 9.94. The Labute approximate surface area is 176 Å². The summed E-state index contributed by atoms with van der Waals surface area (Å²) in [5, 5.41) is 2.95. The van der Waals surface area contributed by atoms with Crippen LogP contribution in [0, 0.1) is 0 Å². The second-order valence-corrected chi connectivity index (χ2v) is 7.63. The maximum Gasteiger partial charge on any atom is 0.387 e. The van der Waals surface area contributed by atoms with Crippen LogP contribution in [0.5, 0.6) is 5.75 Å². The first-order chi connectivity index (χ1) is 14.5. The summed E-state index contributed by atoms with van der Waals surface area (Å²) in [5.74, 6) is -0.154. The number of anilines is 1. The second kappa shape index (κ2) is 10.9. The van der Waals surface area contributed by atoms with Crippen LogP contribution < -0.4 is 10.1 Å². The molecule has 1 saturated carbocycles. The van der Waals surface area contributed by atoms with E-state index >= 15 is 0 Å². The number of para-hydroxylation sites is 1. The minimum Gasteiger partial charge on any atom is -0.435 e. The van der Waals surface area contributed by atoms with Crippen LogP contribution in [0.3, 0.4) is 0 Å². The average molecular weight is 414 g/mol. The van der Waals surface area contributed by atoms with Gasteiger partial charge in [0.25, 0.3) is 0 Å². The van der Waals surface area contributed by atoms with Crippen molar-refractivity contribution in [3.63, 3.8) is 0 Å². The molecule has 1 aliphatic rings. The standard InChI is InChI=1S/C24H28F2N2O2/c1-28(20-8-3-2-4-9-20)17-19-7-5-6-10-22(19)27-23(29)16-13-18-11-14-21(15-12-18)30-24(25)26/h5-7,10-16,20,24H,2-4,8-9,17H2,1H3,(H,27,29)/b16-13+. The lowest BCUT2D eigenvalue weighted by Crippen LogP contribution is -2.33. The summed E-state index contributed by atoms with van der Waals surface area (Å²) in [6.07, 6.45) is 9.43. The molecule has 0 bridgehead atoms. The lowest BCUT2D eigenvalue weighted by molar-refractivity contribution is -0.111. The molecule has 0 atom stereocenters. The van der Waals surface area contributed by atoms with E-state index in [4.69, 9.17) is 0 Å². The molecule has 0 aliphatic heterocycles. The highest BCUT2D eigenvalue weighted by atomic mass is 19.3. The Bertz CT molecular complexity index is 847. The predicted molar refractivity (Wildman–Crippen MR) is 116 cm³/mol. The molecule has 0 radical (unpaired) electrons. The van der Waals surface area contributed by atoms with Crippen molar-refractivity contribution in [2.45, 2.75) is 51.3 Å². The molecule has 1 N–H and O–H groups in total. The van der Waals surface area contributed by atoms with Gasteiger partial charge in [0.15, 0.2) is 0 Å². The number of ether oxygens (including phenoxy) is 1. The maximum atomic E-state index is 12.4. The lowest BCUT2D eigenvalue weighted by Gasteiger charge is -2.31. The monoisotopic (exact) mass is 414 g/mol. The van der Waals surface area contributed by atoms with Gasteiger partial charge in [0.05, 0.1) is 0 Å². The largest absolute Gasteiger partial charge is 0.435 e. The van der Waals surface area contributed by atoms with Crippen molar-refractivity contribution in [1.29, 1.82) is 0 Å². The van der Waals surface area contributed by atoms with Gasteiger partial charge in [-0.25, -0.2) is 0 Å². The first kappa shape index (κ1) is 22.0. The molecule has 2 aromatic rings. The summed E-state index contributed by atoms with van der Waals surface area (Å²) >= 11 is 0. The van der Waals surface area contributed by atoms with Crippen molar-refractivity contribution >= 4 is 17.7 Å². The molecule has 0 spiro atoms. The van der Waals surface area contributed by atoms with Crippen molar-refractivity contribution in [2.75, 3.05) is 12.4 Å². The Morgan fingerprint density at radius 3 is 2.53 bits per heavy atom. The summed E-state index contributed by atoms with van der Waals surface area (Å²) in [7, 11) is 2.15. The highest BCUT2D eigenvalue weighted by molar-refractivity contribution is 6.02. The molecule has 0 saturated heterocycles. The van der Waals surface area contributed by atoms with Gasteiger partial charge in [-0.15, -0.1) is 0 Å². The van der Waals surface area contributed by atoms with Crippen LogP contribution in [0.2, 0.25) is 0 Å². The van der Waals surface area contributed by atoms with E-state index in [9.17, 15) is 13.6 Å². The van der Waals surface area contributed by atoms with E-state index in [-0.39, 0.29) is 11.7 Å². The zero-order valence-electron chi connectivity index (χ0n) is 17.2. The topological polar surface area (TPSA) is 41.6 Å². The second-order valence-electron chi connectivity index (χ2n) is 7.63. The Morgan fingerprint density at radius 1 is 1.13 bits per heavy atom. The molecular formula is C24H28F2N2O2. The normalized spacial score (nSPS) is 15.1. The van der Waals surface area contributed by atoms with Gasteiger partial charge in [0.1, 0.15) is 5.75 Å². The minimum atomic E-state index is -2.85. The number of alkyl halides is 2. The van der Waals surface area contributed by atoms with Gasteiger partial charge >= 0.3 is 6.61 Å². The maximum absolute atomic E-state index is 12.4. The highest BCUT2D eigenvalue weighted by Gasteiger charge is 2.19. The van der Waals surface area contributed by atoms with Gasteiger partial charge in [-0.05, 0) is 55.3 Å². The molecule has 0 heterocycles. The quantitative estimate of drug-likeness (QED) is 0.563. The van der Waals surface area contributed by atoms with E-state index in [2.05, 4.69) is 22.0 Å². The van der Waals surface area contributed by atoms with Gasteiger partial charge in [-0.3, -0.25) is 9.69 Å². The van der Waals surface area contributed by atoms with Gasteiger partial charge in [0, 0.05) is 24.4 Å². The number of halogens is 2. The van der Waals surface area contributed by atoms with Crippen LogP contribution in [-0.2, 0) is 11.3 Å². The summed E-state index contributed by atoms with van der Waals surface area (Å²) in [6.45, 7) is -2.06. The molecule has 4 nitrogen and oxygen atoms in total. The molecule has 1 fully saturated rings. The number of carbonyl (C=O) groups excluding carboxylic acids is 1. The van der Waals surface area contributed by atoms with Crippen molar-refractivity contribution in [3.8, 4) is 5.75 Å². The molecule has 30 heavy (non-hydrogen) atoms. The third-order valence-corrected chi connectivity index (χ3v) is 5.43. The number of nitrogens with zero attached hydrogens (tertiary/aromatic N) is 1. The van der Waals surface area contributed by atoms with Crippen LogP contribution in [0.4, 0.5) is 14.5 Å². The number of nitrogens with one attached hydrogen (secondary N) is 1. The average Bonchev–Trinajstić information content (AvgIpc) is 2.75. The van der Waals surface area contributed by atoms with E-state index in [0.717, 1.165) is 23.4 Å². The van der Waals surface area contributed by atoms with E-state index in [1.807, 2.05) is 24.3 Å². The van der Waals surface area contributed by atoms with Crippen molar-refractivity contribution in [2.24, 2.45) is 0 Å². The molecule has 160 valence electrons. The SMILES string of the molecule is CN(Cc1ccccc1NC(=O)/C=C/c1ccc(OC(F)F)cc1)C1CCCCC1. The zero-order chi connectivity index (χ0) is 21.3. The minimum absolute atomic E-state index is 0.0858. The molecule has 1 aliphatic carbocycles. The molecule has 3 rings (SSSR count). The first-order valence-corrected chi connectivity index (χ1v) is 10.3. The number of rotatable bonds is 8. The van der Waals surface area contributed by atoms with E-state index in [1.165, 1.54) is 50.3 Å². The summed E-state index contributed by atoms with van der Waals surface area (Å²) in [4.78, 5) is 14.8. The Morgan fingerprint density at radius 2 is 1.83 bits per heavy atom. The van der Waals surface area contributed by atoms with Gasteiger partial charge < -0.3 is 10.1 Å². The smallest absolute Gasteiger partial charge is 0.387 e. The molecule has 6 heteroatoms. The highest BCUT2D eigenvalue weighted by Crippen LogP contribution is 2.25. The molecule has 2 aromatic carbocycles. The van der Waals surface area contributed by atoms with Gasteiger partial charge in [-0.1, -0.05) is 49.6 Å². The third-order valence-electron chi connectivity index (χ3n) is 5.43. The fourth-order valence-electron chi connectivity index (χ4n) is 3.81. The van der Waals surface area contributed by atoms with E-state index in [1.54, 1.807) is 18.2 Å². The molecular weight excluding hydrogens is 386 g/mol. The predicted octanol–water partition coefficient (Wildman–Crippen LogP) is 5.70. The number of amides is 1. The Hall–Kier alpha value is -2.73. The fraction of sp³-hybridized carbons (Fsp3) is 0.375. The van der Waals surface area contributed by atoms with Crippen molar-refractivity contribution < 1.29 is 18.3 Å². The van der Waals surface area contributed by atoms with Crippen LogP contribution in [0.15, 0.2) is 54.6 Å². The molecule has 1 amide bonds. The van der Waals surface area contributed by atoms with Crippen molar-refractivity contribution in [1.82, 2.24) is 4.90 Å². The van der Waals surface area contributed by atoms with E-state index < -0.39 is 6.61 Å². The Kier molecular flexibility index (Phi) is 7.97. The van der Waals surface area contributed by atoms with E-state index in [0.29, 0.717) is 6.04 Å². The third kappa shape index (κ3) is 6.66. The summed E-state index contributed by atoms with van der Waals surface area (Å²) < 4.78 is 28.7. The first-order valence-electron chi connectivity index (χ1n) is 10.3. The molecule has 0 unspecified atom stereocenters. The molecule has 0 aromatic heterocycles. The van der Waals surface area contributed by atoms with Crippen molar-refractivity contribution in [3.05, 3.63) is 65.7 Å². The van der Waals surface area contributed by atoms with Crippen LogP contribution in [-0.4, -0.2) is 30.5 Å². The zero-order valence-corrected chi connectivity index (χ0v) is 17.2. The van der Waals surface area contributed by atoms with Crippen LogP contribution in [0.1, 0.15) is 43.2 Å². The number of carbonyl (C=O) groups is 1. The number of hydrogen-bond acceptors (Lipinski definition) is 3. The van der Waals surface area contributed by atoms with Gasteiger partial charge in [-0.2, -0.15) is 8.78 Å². The van der Waals surface area contributed by atoms with Gasteiger partial charge in [0.2, 0.25) is 5.91 Å². The summed E-state index contributed by atoms with van der Waals surface area (Å²) in [5.41, 5.74) is 2.60. The van der Waals surface area contributed by atoms with Crippen LogP contribution in [0.25, 0.3) is 6.08 Å². The Balaban J connectivity index is 1.59. The summed E-state index contributed by atoms with van der Waals surface area (Å²) in [6, 6.07) is 14.6. The fourth-order valence-corrected chi connectivity index (χ4v) is 3.81. The van der Waals surface area contributed by atoms with Crippen LogP contribution >= 0.6 is 0 Å². The number of hydrogen-bond donors (Lipinski definition) is 1.